The van der Waals surface area contributed by atoms with Crippen molar-refractivity contribution in [3.05, 3.63) is 71.3 Å². The number of para-hydroxylation sites is 3. The highest BCUT2D eigenvalue weighted by Crippen LogP contribution is 2.38. The van der Waals surface area contributed by atoms with Gasteiger partial charge in [-0.05, 0) is 54.7 Å². The molecule has 2 aliphatic rings. The number of rotatable bonds is 5. The fraction of sp³-hybridized carbons (Fsp3) is 0.333. The first-order valence-electron chi connectivity index (χ1n) is 11.8. The molecule has 6 nitrogen and oxygen atoms in total. The second-order valence-corrected chi connectivity index (χ2v) is 8.87. The number of imidazole rings is 1. The standard InChI is InChI=1S/C27H27N5O/c28-19-23-21-9-6-10-22(21)27(32-25-12-5-4-11-24(25)29-26(23)32)31-15-13-30(14-16-31)17-18-33-20-7-2-1-3-8-20/h1-5,7-8,11-12H,6,9-10,13-18H2. The van der Waals surface area contributed by atoms with E-state index in [4.69, 9.17) is 9.72 Å². The average molecular weight is 438 g/mol. The van der Waals surface area contributed by atoms with Gasteiger partial charge in [0.1, 0.15) is 24.2 Å². The normalized spacial score (nSPS) is 16.3. The number of anilines is 1. The summed E-state index contributed by atoms with van der Waals surface area (Å²) in [5.41, 5.74) is 6.19. The van der Waals surface area contributed by atoms with Crippen LogP contribution in [0.5, 0.6) is 5.75 Å². The Bertz CT molecular complexity index is 1350. The Morgan fingerprint density at radius 2 is 1.67 bits per heavy atom. The monoisotopic (exact) mass is 437 g/mol. The smallest absolute Gasteiger partial charge is 0.157 e. The van der Waals surface area contributed by atoms with Crippen LogP contribution in [0, 0.1) is 11.3 Å². The van der Waals surface area contributed by atoms with Crippen LogP contribution in [0.2, 0.25) is 0 Å². The molecule has 1 fully saturated rings. The summed E-state index contributed by atoms with van der Waals surface area (Å²) < 4.78 is 8.16. The van der Waals surface area contributed by atoms with Gasteiger partial charge in [0.05, 0.1) is 16.6 Å². The zero-order valence-electron chi connectivity index (χ0n) is 18.7. The molecule has 33 heavy (non-hydrogen) atoms. The maximum absolute atomic E-state index is 9.99. The van der Waals surface area contributed by atoms with Gasteiger partial charge in [0.2, 0.25) is 0 Å². The highest BCUT2D eigenvalue weighted by molar-refractivity contribution is 5.86. The van der Waals surface area contributed by atoms with Crippen LogP contribution in [0.25, 0.3) is 16.7 Å². The van der Waals surface area contributed by atoms with Gasteiger partial charge in [-0.25, -0.2) is 4.98 Å². The van der Waals surface area contributed by atoms with Crippen molar-refractivity contribution in [2.45, 2.75) is 19.3 Å². The summed E-state index contributed by atoms with van der Waals surface area (Å²) in [5, 5.41) is 9.99. The minimum absolute atomic E-state index is 0.701. The molecule has 4 aromatic rings. The highest BCUT2D eigenvalue weighted by atomic mass is 16.5. The molecule has 0 radical (unpaired) electrons. The van der Waals surface area contributed by atoms with Gasteiger partial charge in [-0.3, -0.25) is 9.30 Å². The molecule has 0 amide bonds. The number of hydrogen-bond donors (Lipinski definition) is 0. The molecule has 2 aromatic heterocycles. The van der Waals surface area contributed by atoms with Crippen LogP contribution in [0.1, 0.15) is 23.1 Å². The van der Waals surface area contributed by atoms with Gasteiger partial charge >= 0.3 is 0 Å². The van der Waals surface area contributed by atoms with E-state index in [9.17, 15) is 5.26 Å². The lowest BCUT2D eigenvalue weighted by molar-refractivity contribution is 0.200. The van der Waals surface area contributed by atoms with Crippen LogP contribution in [-0.4, -0.2) is 53.6 Å². The number of nitrogens with zero attached hydrogens (tertiary/aromatic N) is 5. The predicted molar refractivity (Wildman–Crippen MR) is 130 cm³/mol. The third-order valence-corrected chi connectivity index (χ3v) is 6.99. The highest BCUT2D eigenvalue weighted by Gasteiger charge is 2.29. The van der Waals surface area contributed by atoms with E-state index in [2.05, 4.69) is 32.4 Å². The number of benzene rings is 2. The molecule has 3 heterocycles. The minimum atomic E-state index is 0.701. The first-order chi connectivity index (χ1) is 16.3. The van der Waals surface area contributed by atoms with Crippen LogP contribution in [0.4, 0.5) is 5.82 Å². The van der Waals surface area contributed by atoms with Crippen molar-refractivity contribution >= 4 is 22.5 Å². The Kier molecular flexibility index (Phi) is 5.12. The summed E-state index contributed by atoms with van der Waals surface area (Å²) in [6.45, 7) is 5.56. The van der Waals surface area contributed by atoms with Gasteiger partial charge in [0.25, 0.3) is 0 Å². The molecule has 166 valence electrons. The van der Waals surface area contributed by atoms with Gasteiger partial charge in [0.15, 0.2) is 5.65 Å². The molecule has 0 N–H and O–H groups in total. The lowest BCUT2D eigenvalue weighted by Gasteiger charge is -2.37. The lowest BCUT2D eigenvalue weighted by atomic mass is 10.0. The third-order valence-electron chi connectivity index (χ3n) is 6.99. The molecule has 1 saturated heterocycles. The quantitative estimate of drug-likeness (QED) is 0.472. The Hall–Kier alpha value is -3.56. The Morgan fingerprint density at radius 1 is 0.909 bits per heavy atom. The van der Waals surface area contributed by atoms with Crippen molar-refractivity contribution in [1.82, 2.24) is 14.3 Å². The van der Waals surface area contributed by atoms with Crippen LogP contribution < -0.4 is 9.64 Å². The van der Waals surface area contributed by atoms with E-state index in [0.29, 0.717) is 6.61 Å². The average Bonchev–Trinajstić information content (AvgIpc) is 3.49. The predicted octanol–water partition coefficient (Wildman–Crippen LogP) is 4.05. The zero-order chi connectivity index (χ0) is 22.2. The molecule has 0 bridgehead atoms. The zero-order valence-corrected chi connectivity index (χ0v) is 18.7. The largest absolute Gasteiger partial charge is 0.492 e. The Morgan fingerprint density at radius 3 is 2.48 bits per heavy atom. The molecule has 6 heteroatoms. The maximum Gasteiger partial charge on any atom is 0.157 e. The van der Waals surface area contributed by atoms with Crippen molar-refractivity contribution in [3.8, 4) is 11.8 Å². The summed E-state index contributed by atoms with van der Waals surface area (Å²) in [5.74, 6) is 2.18. The first kappa shape index (κ1) is 20.1. The van der Waals surface area contributed by atoms with Gasteiger partial charge in [-0.2, -0.15) is 5.26 Å². The van der Waals surface area contributed by atoms with Crippen LogP contribution in [0.15, 0.2) is 54.6 Å². The third kappa shape index (κ3) is 3.49. The number of fused-ring (bicyclic) bond motifs is 4. The van der Waals surface area contributed by atoms with Crippen molar-refractivity contribution in [2.75, 3.05) is 44.2 Å². The summed E-state index contributed by atoms with van der Waals surface area (Å²) in [4.78, 5) is 9.88. The van der Waals surface area contributed by atoms with E-state index in [1.54, 1.807) is 0 Å². The van der Waals surface area contributed by atoms with Crippen LogP contribution in [-0.2, 0) is 12.8 Å². The van der Waals surface area contributed by atoms with Crippen molar-refractivity contribution in [2.24, 2.45) is 0 Å². The molecule has 0 saturated carbocycles. The van der Waals surface area contributed by atoms with Crippen LogP contribution >= 0.6 is 0 Å². The lowest BCUT2D eigenvalue weighted by Crippen LogP contribution is -2.48. The molecular weight excluding hydrogens is 410 g/mol. The summed E-state index contributed by atoms with van der Waals surface area (Å²) in [6.07, 6.45) is 3.12. The van der Waals surface area contributed by atoms with Gasteiger partial charge in [-0.1, -0.05) is 30.3 Å². The SMILES string of the molecule is N#Cc1c2c(c(N3CCN(CCOc4ccccc4)CC3)n3c1nc1ccccc13)CCC2. The fourth-order valence-corrected chi connectivity index (χ4v) is 5.39. The number of aromatic nitrogens is 2. The Labute approximate surface area is 193 Å². The van der Waals surface area contributed by atoms with E-state index < -0.39 is 0 Å². The van der Waals surface area contributed by atoms with Gasteiger partial charge in [0, 0.05) is 32.7 Å². The van der Waals surface area contributed by atoms with Crippen molar-refractivity contribution in [1.29, 1.82) is 5.26 Å². The van der Waals surface area contributed by atoms with Crippen molar-refractivity contribution < 1.29 is 4.74 Å². The second kappa shape index (κ2) is 8.42. The number of ether oxygens (including phenoxy) is 1. The molecule has 2 aromatic carbocycles. The summed E-state index contributed by atoms with van der Waals surface area (Å²) >= 11 is 0. The maximum atomic E-state index is 9.99. The van der Waals surface area contributed by atoms with Gasteiger partial charge in [-0.15, -0.1) is 0 Å². The van der Waals surface area contributed by atoms with E-state index >= 15 is 0 Å². The van der Waals surface area contributed by atoms with E-state index in [1.165, 1.54) is 16.9 Å². The fourth-order valence-electron chi connectivity index (χ4n) is 5.39. The number of piperazine rings is 1. The summed E-state index contributed by atoms with van der Waals surface area (Å²) in [6, 6.07) is 20.8. The molecule has 1 aliphatic heterocycles. The molecular formula is C27H27N5O. The van der Waals surface area contributed by atoms with E-state index in [1.807, 2.05) is 42.5 Å². The topological polar surface area (TPSA) is 56.8 Å². The van der Waals surface area contributed by atoms with Gasteiger partial charge < -0.3 is 9.64 Å². The minimum Gasteiger partial charge on any atom is -0.492 e. The number of pyridine rings is 1. The molecule has 0 unspecified atom stereocenters. The molecule has 6 rings (SSSR count). The Balaban J connectivity index is 1.28. The second-order valence-electron chi connectivity index (χ2n) is 8.87. The summed E-state index contributed by atoms with van der Waals surface area (Å²) in [7, 11) is 0. The van der Waals surface area contributed by atoms with E-state index in [0.717, 1.165) is 80.0 Å². The van der Waals surface area contributed by atoms with E-state index in [-0.39, 0.29) is 0 Å². The van der Waals surface area contributed by atoms with Crippen LogP contribution in [0.3, 0.4) is 0 Å². The van der Waals surface area contributed by atoms with Crippen molar-refractivity contribution in [3.63, 3.8) is 0 Å². The first-order valence-corrected chi connectivity index (χ1v) is 11.8. The number of nitriles is 1. The molecule has 0 spiro atoms. The molecule has 0 atom stereocenters. The molecule has 1 aliphatic carbocycles. The number of hydrogen-bond acceptors (Lipinski definition) is 5.